The number of carbonyl (C=O) groups is 1. The highest BCUT2D eigenvalue weighted by atomic mass is 16.2. The molecule has 0 radical (unpaired) electrons. The summed E-state index contributed by atoms with van der Waals surface area (Å²) >= 11 is 0. The Morgan fingerprint density at radius 1 is 1.10 bits per heavy atom. The van der Waals surface area contributed by atoms with Crippen molar-refractivity contribution in [3.05, 3.63) is 64.2 Å². The van der Waals surface area contributed by atoms with Crippen molar-refractivity contribution in [2.24, 2.45) is 5.92 Å². The lowest BCUT2D eigenvalue weighted by atomic mass is 9.53. The number of amides is 1. The monoisotopic (exact) mass is 412 g/mol. The van der Waals surface area contributed by atoms with Gasteiger partial charge in [-0.05, 0) is 98.5 Å². The summed E-state index contributed by atoms with van der Waals surface area (Å²) in [5.74, 6) is 6.49. The highest BCUT2D eigenvalue weighted by Gasteiger charge is 2.51. The number of carbonyl (C=O) groups excluding carboxylic acids is 1. The third kappa shape index (κ3) is 3.48. The van der Waals surface area contributed by atoms with E-state index in [0.29, 0.717) is 11.5 Å². The van der Waals surface area contributed by atoms with Crippen LogP contribution in [0.25, 0.3) is 0 Å². The van der Waals surface area contributed by atoms with Gasteiger partial charge in [0.1, 0.15) is 0 Å². The van der Waals surface area contributed by atoms with E-state index in [9.17, 15) is 4.79 Å². The van der Waals surface area contributed by atoms with Gasteiger partial charge in [0.2, 0.25) is 0 Å². The zero-order chi connectivity index (χ0) is 21.6. The van der Waals surface area contributed by atoms with E-state index in [1.165, 1.54) is 54.4 Å². The van der Waals surface area contributed by atoms with Crippen LogP contribution in [0.3, 0.4) is 0 Å². The van der Waals surface area contributed by atoms with Crippen molar-refractivity contribution in [1.82, 2.24) is 5.32 Å². The molecule has 0 aromatic heterocycles. The Kier molecular flexibility index (Phi) is 5.15. The number of hydrogen-bond acceptors (Lipinski definition) is 2. The summed E-state index contributed by atoms with van der Waals surface area (Å²) in [6.07, 6.45) is 7.63. The first-order valence-corrected chi connectivity index (χ1v) is 11.7. The molecular formula is C28H32N2O. The third-order valence-corrected chi connectivity index (χ3v) is 8.14. The molecule has 0 unspecified atom stereocenters. The van der Waals surface area contributed by atoms with E-state index < -0.39 is 0 Å². The minimum absolute atomic E-state index is 0.158. The van der Waals surface area contributed by atoms with Crippen LogP contribution in [-0.2, 0) is 16.6 Å². The summed E-state index contributed by atoms with van der Waals surface area (Å²) in [6.45, 7) is 5.27. The van der Waals surface area contributed by atoms with Gasteiger partial charge in [-0.1, -0.05) is 30.9 Å². The van der Waals surface area contributed by atoms with E-state index in [4.69, 9.17) is 0 Å². The second-order valence-electron chi connectivity index (χ2n) is 9.78. The molecule has 3 aliphatic rings. The molecule has 1 saturated carbocycles. The molecule has 31 heavy (non-hydrogen) atoms. The molecular weight excluding hydrogens is 380 g/mol. The van der Waals surface area contributed by atoms with Gasteiger partial charge in [-0.15, -0.1) is 0 Å². The number of piperidine rings is 1. The van der Waals surface area contributed by atoms with Gasteiger partial charge in [-0.25, -0.2) is 0 Å². The summed E-state index contributed by atoms with van der Waals surface area (Å²) in [4.78, 5) is 14.6. The molecule has 2 aromatic carbocycles. The Bertz CT molecular complexity index is 1090. The van der Waals surface area contributed by atoms with Crippen LogP contribution in [0.4, 0.5) is 5.69 Å². The van der Waals surface area contributed by atoms with Crippen LogP contribution in [0, 0.1) is 31.6 Å². The molecule has 3 atom stereocenters. The molecule has 160 valence electrons. The maximum atomic E-state index is 12.9. The number of benzene rings is 2. The largest absolute Gasteiger partial charge is 0.313 e. The van der Waals surface area contributed by atoms with Crippen LogP contribution in [0.1, 0.15) is 59.9 Å². The van der Waals surface area contributed by atoms with E-state index >= 15 is 0 Å². The maximum Gasteiger partial charge on any atom is 0.302 e. The van der Waals surface area contributed by atoms with Gasteiger partial charge in [-0.3, -0.25) is 4.79 Å². The second kappa shape index (κ2) is 7.84. The summed E-state index contributed by atoms with van der Waals surface area (Å²) in [5, 5.41) is 3.80. The van der Waals surface area contributed by atoms with E-state index in [2.05, 4.69) is 55.3 Å². The van der Waals surface area contributed by atoms with Crippen LogP contribution in [-0.4, -0.2) is 25.5 Å². The van der Waals surface area contributed by atoms with Crippen LogP contribution in [0.15, 0.2) is 36.4 Å². The molecule has 3 heteroatoms. The fourth-order valence-electron chi connectivity index (χ4n) is 6.27. The van der Waals surface area contributed by atoms with E-state index in [1.807, 2.05) is 19.2 Å². The molecule has 1 amide bonds. The minimum atomic E-state index is -0.158. The Morgan fingerprint density at radius 2 is 1.97 bits per heavy atom. The normalized spacial score (nSPS) is 26.2. The van der Waals surface area contributed by atoms with Crippen molar-refractivity contribution in [1.29, 1.82) is 0 Å². The van der Waals surface area contributed by atoms with Crippen LogP contribution >= 0.6 is 0 Å². The molecule has 1 saturated heterocycles. The lowest BCUT2D eigenvalue weighted by Gasteiger charge is -2.56. The summed E-state index contributed by atoms with van der Waals surface area (Å²) in [6, 6.07) is 13.4. The quantitative estimate of drug-likeness (QED) is 0.691. The van der Waals surface area contributed by atoms with Gasteiger partial charge in [0.05, 0.1) is 0 Å². The summed E-state index contributed by atoms with van der Waals surface area (Å²) in [7, 11) is 1.85. The average molecular weight is 413 g/mol. The molecule has 1 aliphatic heterocycles. The zero-order valence-electron chi connectivity index (χ0n) is 18.9. The number of aryl methyl sites for hydroxylation is 2. The van der Waals surface area contributed by atoms with Crippen LogP contribution in [0.2, 0.25) is 0 Å². The smallest absolute Gasteiger partial charge is 0.302 e. The maximum absolute atomic E-state index is 12.9. The van der Waals surface area contributed by atoms with Gasteiger partial charge >= 0.3 is 5.91 Å². The number of nitrogens with one attached hydrogen (secondary N) is 1. The Hall–Kier alpha value is -2.57. The summed E-state index contributed by atoms with van der Waals surface area (Å²) in [5.41, 5.74) is 7.57. The predicted molar refractivity (Wildman–Crippen MR) is 126 cm³/mol. The van der Waals surface area contributed by atoms with E-state index in [0.717, 1.165) is 30.1 Å². The highest BCUT2D eigenvalue weighted by molar-refractivity contribution is 6.05. The van der Waals surface area contributed by atoms with Gasteiger partial charge < -0.3 is 10.2 Å². The number of rotatable bonds is 1. The van der Waals surface area contributed by atoms with Crippen molar-refractivity contribution in [3.63, 3.8) is 0 Å². The predicted octanol–water partition coefficient (Wildman–Crippen LogP) is 4.66. The first-order valence-electron chi connectivity index (χ1n) is 11.7. The van der Waals surface area contributed by atoms with Crippen molar-refractivity contribution < 1.29 is 4.79 Å². The Labute approximate surface area is 186 Å². The molecule has 0 spiro atoms. The molecule has 1 heterocycles. The molecule has 3 nitrogen and oxygen atoms in total. The van der Waals surface area contributed by atoms with E-state index in [-0.39, 0.29) is 5.91 Å². The van der Waals surface area contributed by atoms with Crippen molar-refractivity contribution in [3.8, 4) is 11.8 Å². The summed E-state index contributed by atoms with van der Waals surface area (Å²) < 4.78 is 0. The van der Waals surface area contributed by atoms with Crippen molar-refractivity contribution in [2.75, 3.05) is 18.5 Å². The van der Waals surface area contributed by atoms with Gasteiger partial charge in [0.25, 0.3) is 0 Å². The number of nitrogens with zero attached hydrogens (tertiary/aromatic N) is 1. The van der Waals surface area contributed by atoms with Crippen molar-refractivity contribution >= 4 is 11.6 Å². The first-order chi connectivity index (χ1) is 15.0. The van der Waals surface area contributed by atoms with E-state index in [1.54, 1.807) is 4.90 Å². The zero-order valence-corrected chi connectivity index (χ0v) is 18.9. The number of anilines is 1. The second-order valence-corrected chi connectivity index (χ2v) is 9.78. The standard InChI is InChI=1S/C28H32N2O/c1-19-7-8-21(16-20(19)2)9-12-27(31)30(3)23-11-10-22-17-26-24-6-4-5-13-28(24,14-15-29-26)25(22)18-23/h7-8,10-11,16,18,24,26,29H,4-6,13-15,17H2,1-3H3/t24-,26+,28+/m0/s1. The first kappa shape index (κ1) is 20.3. The SMILES string of the molecule is Cc1ccc(C#CC(=O)N(C)c2ccc3c(c2)[C@@]24CCCC[C@H]2[C@@H](C3)NCC4)cc1C. The fraction of sp³-hybridized carbons (Fsp3) is 0.464. The minimum Gasteiger partial charge on any atom is -0.313 e. The number of hydrogen-bond donors (Lipinski definition) is 1. The van der Waals surface area contributed by atoms with Gasteiger partial charge in [-0.2, -0.15) is 0 Å². The van der Waals surface area contributed by atoms with Crippen LogP contribution < -0.4 is 10.2 Å². The Balaban J connectivity index is 1.44. The topological polar surface area (TPSA) is 32.3 Å². The molecule has 5 rings (SSSR count). The molecule has 2 aliphatic carbocycles. The van der Waals surface area contributed by atoms with Crippen molar-refractivity contribution in [2.45, 2.75) is 63.8 Å². The third-order valence-electron chi connectivity index (χ3n) is 8.14. The molecule has 1 N–H and O–H groups in total. The Morgan fingerprint density at radius 3 is 2.81 bits per heavy atom. The fourth-order valence-corrected chi connectivity index (χ4v) is 6.27. The molecule has 2 fully saturated rings. The lowest BCUT2D eigenvalue weighted by molar-refractivity contribution is -0.113. The van der Waals surface area contributed by atoms with Gasteiger partial charge in [0.15, 0.2) is 0 Å². The van der Waals surface area contributed by atoms with Gasteiger partial charge in [0, 0.05) is 35.7 Å². The highest BCUT2D eigenvalue weighted by Crippen LogP contribution is 2.54. The lowest BCUT2D eigenvalue weighted by Crippen LogP contribution is -2.59. The molecule has 2 aromatic rings. The average Bonchev–Trinajstić information content (AvgIpc) is 2.79. The van der Waals surface area contributed by atoms with Crippen LogP contribution in [0.5, 0.6) is 0 Å². The molecule has 2 bridgehead atoms. The number of fused-ring (bicyclic) bond motifs is 1.